The van der Waals surface area contributed by atoms with Crippen molar-refractivity contribution in [3.05, 3.63) is 65.9 Å². The van der Waals surface area contributed by atoms with E-state index in [9.17, 15) is 14.7 Å². The molecule has 28 heavy (non-hydrogen) atoms. The van der Waals surface area contributed by atoms with Crippen LogP contribution < -0.4 is 0 Å². The van der Waals surface area contributed by atoms with Crippen LogP contribution in [0.3, 0.4) is 0 Å². The molecule has 0 aliphatic carbocycles. The second kappa shape index (κ2) is 7.76. The average molecular weight is 379 g/mol. The van der Waals surface area contributed by atoms with E-state index < -0.39 is 12.1 Å². The van der Waals surface area contributed by atoms with Crippen molar-refractivity contribution in [2.45, 2.75) is 25.4 Å². The van der Waals surface area contributed by atoms with Crippen molar-refractivity contribution in [3.63, 3.8) is 0 Å². The first-order valence-electron chi connectivity index (χ1n) is 9.34. The topological polar surface area (TPSA) is 80.0 Å². The second-order valence-corrected chi connectivity index (χ2v) is 6.93. The molecule has 1 amide bonds. The summed E-state index contributed by atoms with van der Waals surface area (Å²) in [5, 5.41) is 10.3. The zero-order chi connectivity index (χ0) is 19.5. The van der Waals surface area contributed by atoms with Crippen molar-refractivity contribution >= 4 is 22.8 Å². The maximum absolute atomic E-state index is 12.9. The molecule has 1 aliphatic heterocycles. The molecule has 2 aromatic carbocycles. The Balaban J connectivity index is 1.53. The number of fused-ring (bicyclic) bond motifs is 1. The molecule has 1 aliphatic rings. The van der Waals surface area contributed by atoms with Gasteiger partial charge in [-0.1, -0.05) is 30.3 Å². The zero-order valence-electron chi connectivity index (χ0n) is 15.3. The zero-order valence-corrected chi connectivity index (χ0v) is 15.3. The summed E-state index contributed by atoms with van der Waals surface area (Å²) in [6, 6.07) is 13.8. The Morgan fingerprint density at radius 1 is 1.11 bits per heavy atom. The SMILES string of the molecule is O=C(Cc1coc2cc(O)ccc12)O[C@H](C(=O)N1CCCC1)c1ccccc1. The van der Waals surface area contributed by atoms with Crippen molar-refractivity contribution in [1.82, 2.24) is 4.90 Å². The second-order valence-electron chi connectivity index (χ2n) is 6.93. The minimum atomic E-state index is -0.950. The number of nitrogens with zero attached hydrogens (tertiary/aromatic N) is 1. The Morgan fingerprint density at radius 2 is 1.86 bits per heavy atom. The minimum absolute atomic E-state index is 0.0195. The number of aromatic hydroxyl groups is 1. The van der Waals surface area contributed by atoms with Crippen molar-refractivity contribution in [1.29, 1.82) is 0 Å². The van der Waals surface area contributed by atoms with Crippen molar-refractivity contribution < 1.29 is 23.8 Å². The van der Waals surface area contributed by atoms with E-state index in [0.29, 0.717) is 29.8 Å². The number of rotatable bonds is 5. The number of hydrogen-bond donors (Lipinski definition) is 1. The number of phenols is 1. The van der Waals surface area contributed by atoms with Crippen LogP contribution >= 0.6 is 0 Å². The number of likely N-dealkylation sites (tertiary alicyclic amines) is 1. The summed E-state index contributed by atoms with van der Waals surface area (Å²) in [5.74, 6) is -0.590. The molecule has 144 valence electrons. The van der Waals surface area contributed by atoms with Crippen LogP contribution in [0.1, 0.15) is 30.1 Å². The molecule has 6 nitrogen and oxygen atoms in total. The van der Waals surface area contributed by atoms with E-state index in [0.717, 1.165) is 18.2 Å². The van der Waals surface area contributed by atoms with Crippen molar-refractivity contribution in [3.8, 4) is 5.75 Å². The lowest BCUT2D eigenvalue weighted by atomic mass is 10.1. The Kier molecular flexibility index (Phi) is 5.02. The monoisotopic (exact) mass is 379 g/mol. The van der Waals surface area contributed by atoms with Crippen molar-refractivity contribution in [2.75, 3.05) is 13.1 Å². The molecule has 1 fully saturated rings. The molecule has 0 unspecified atom stereocenters. The van der Waals surface area contributed by atoms with E-state index in [4.69, 9.17) is 9.15 Å². The first-order valence-corrected chi connectivity index (χ1v) is 9.34. The molecule has 1 aromatic heterocycles. The van der Waals surface area contributed by atoms with E-state index >= 15 is 0 Å². The maximum atomic E-state index is 12.9. The summed E-state index contributed by atoms with van der Waals surface area (Å²) in [7, 11) is 0. The van der Waals surface area contributed by atoms with Gasteiger partial charge >= 0.3 is 5.97 Å². The summed E-state index contributed by atoms with van der Waals surface area (Å²) in [5.41, 5.74) is 1.81. The highest BCUT2D eigenvalue weighted by atomic mass is 16.5. The Bertz CT molecular complexity index is 989. The van der Waals surface area contributed by atoms with Gasteiger partial charge in [0.25, 0.3) is 5.91 Å². The maximum Gasteiger partial charge on any atom is 0.311 e. The number of carbonyl (C=O) groups is 2. The largest absolute Gasteiger partial charge is 0.508 e. The number of ether oxygens (including phenoxy) is 1. The fourth-order valence-electron chi connectivity index (χ4n) is 3.53. The third-order valence-electron chi connectivity index (χ3n) is 4.97. The number of hydrogen-bond acceptors (Lipinski definition) is 5. The van der Waals surface area contributed by atoms with Gasteiger partial charge in [-0.15, -0.1) is 0 Å². The van der Waals surface area contributed by atoms with Crippen LogP contribution in [0.2, 0.25) is 0 Å². The molecule has 1 atom stereocenters. The summed E-state index contributed by atoms with van der Waals surface area (Å²) in [6.07, 6.45) is 2.44. The minimum Gasteiger partial charge on any atom is -0.508 e. The van der Waals surface area contributed by atoms with Gasteiger partial charge in [0, 0.05) is 35.7 Å². The standard InChI is InChI=1S/C22H21NO5/c24-17-8-9-18-16(14-27-19(18)13-17)12-20(25)28-21(15-6-2-1-3-7-15)22(26)23-10-4-5-11-23/h1-3,6-9,13-14,21,24H,4-5,10-12H2/t21-/m0/s1. The lowest BCUT2D eigenvalue weighted by Gasteiger charge is -2.23. The predicted octanol–water partition coefficient (Wildman–Crippen LogP) is 3.59. The molecule has 1 N–H and O–H groups in total. The third-order valence-corrected chi connectivity index (χ3v) is 4.97. The van der Waals surface area contributed by atoms with Gasteiger partial charge in [-0.2, -0.15) is 0 Å². The Labute approximate surface area is 162 Å². The number of esters is 1. The van der Waals surface area contributed by atoms with Gasteiger partial charge < -0.3 is 19.2 Å². The molecule has 2 heterocycles. The van der Waals surface area contributed by atoms with Gasteiger partial charge in [0.2, 0.25) is 6.10 Å². The molecule has 0 bridgehead atoms. The number of benzene rings is 2. The van der Waals surface area contributed by atoms with Crippen LogP contribution in [0.4, 0.5) is 0 Å². The fourth-order valence-corrected chi connectivity index (χ4v) is 3.53. The molecule has 1 saturated heterocycles. The van der Waals surface area contributed by atoms with Crippen LogP contribution in [0, 0.1) is 0 Å². The summed E-state index contributed by atoms with van der Waals surface area (Å²) >= 11 is 0. The lowest BCUT2D eigenvalue weighted by Crippen LogP contribution is -2.35. The van der Waals surface area contributed by atoms with E-state index in [1.807, 2.05) is 18.2 Å². The predicted molar refractivity (Wildman–Crippen MR) is 103 cm³/mol. The summed E-state index contributed by atoms with van der Waals surface area (Å²) in [4.78, 5) is 27.3. The van der Waals surface area contributed by atoms with Crippen LogP contribution in [-0.4, -0.2) is 35.0 Å². The van der Waals surface area contributed by atoms with Gasteiger partial charge in [0.05, 0.1) is 12.7 Å². The number of furan rings is 1. The highest BCUT2D eigenvalue weighted by molar-refractivity contribution is 5.89. The molecule has 3 aromatic rings. The van der Waals surface area contributed by atoms with Crippen LogP contribution in [-0.2, 0) is 20.7 Å². The molecule has 0 saturated carbocycles. The van der Waals surface area contributed by atoms with Gasteiger partial charge in [-0.05, 0) is 25.0 Å². The third kappa shape index (κ3) is 3.71. The van der Waals surface area contributed by atoms with E-state index in [1.165, 1.54) is 18.4 Å². The van der Waals surface area contributed by atoms with Gasteiger partial charge in [-0.3, -0.25) is 9.59 Å². The van der Waals surface area contributed by atoms with Crippen molar-refractivity contribution in [2.24, 2.45) is 0 Å². The van der Waals surface area contributed by atoms with E-state index in [-0.39, 0.29) is 18.1 Å². The number of phenolic OH excluding ortho intramolecular Hbond substituents is 1. The van der Waals surface area contributed by atoms with Crippen LogP contribution in [0.25, 0.3) is 11.0 Å². The van der Waals surface area contributed by atoms with E-state index in [2.05, 4.69) is 0 Å². The van der Waals surface area contributed by atoms with Gasteiger partial charge in [0.1, 0.15) is 11.3 Å². The Hall–Kier alpha value is -3.28. The summed E-state index contributed by atoms with van der Waals surface area (Å²) < 4.78 is 11.0. The molecule has 4 rings (SSSR count). The normalized spacial score (nSPS) is 14.9. The summed E-state index contributed by atoms with van der Waals surface area (Å²) in [6.45, 7) is 1.38. The number of carbonyl (C=O) groups excluding carboxylic acids is 2. The lowest BCUT2D eigenvalue weighted by molar-refractivity contribution is -0.160. The number of amides is 1. The highest BCUT2D eigenvalue weighted by Crippen LogP contribution is 2.27. The highest BCUT2D eigenvalue weighted by Gasteiger charge is 2.31. The molecular formula is C22H21NO5. The molecule has 0 radical (unpaired) electrons. The average Bonchev–Trinajstić information content (AvgIpc) is 3.37. The van der Waals surface area contributed by atoms with Crippen LogP contribution in [0.15, 0.2) is 59.2 Å². The van der Waals surface area contributed by atoms with E-state index in [1.54, 1.807) is 23.1 Å². The molecule has 0 spiro atoms. The van der Waals surface area contributed by atoms with Gasteiger partial charge in [-0.25, -0.2) is 0 Å². The first kappa shape index (κ1) is 18.1. The molecular weight excluding hydrogens is 358 g/mol. The van der Waals surface area contributed by atoms with Crippen LogP contribution in [0.5, 0.6) is 5.75 Å². The Morgan fingerprint density at radius 3 is 2.61 bits per heavy atom. The van der Waals surface area contributed by atoms with Gasteiger partial charge in [0.15, 0.2) is 0 Å². The first-order chi connectivity index (χ1) is 13.6. The quantitative estimate of drug-likeness (QED) is 0.686. The fraction of sp³-hybridized carbons (Fsp3) is 0.273. The molecule has 6 heteroatoms. The smallest absolute Gasteiger partial charge is 0.311 e.